The first-order valence-corrected chi connectivity index (χ1v) is 8.38. The normalized spacial score (nSPS) is 11.7. The largest absolute Gasteiger partial charge is 0.399 e. The molecule has 3 aromatic rings. The SMILES string of the molecule is Nc1ccc2[nH]cc(S(=O)(=O)Nc3cccc(Br)c3)c2c1. The van der Waals surface area contributed by atoms with Gasteiger partial charge in [0.05, 0.1) is 0 Å². The molecule has 0 saturated heterocycles. The lowest BCUT2D eigenvalue weighted by atomic mass is 10.2. The Bertz CT molecular complexity index is 919. The Morgan fingerprint density at radius 2 is 1.95 bits per heavy atom. The molecular weight excluding hydrogens is 354 g/mol. The molecule has 0 aliphatic heterocycles. The van der Waals surface area contributed by atoms with Crippen LogP contribution in [-0.4, -0.2) is 13.4 Å². The average Bonchev–Trinajstić information content (AvgIpc) is 2.81. The average molecular weight is 366 g/mol. The lowest BCUT2D eigenvalue weighted by molar-refractivity contribution is 0.602. The summed E-state index contributed by atoms with van der Waals surface area (Å²) in [6, 6.07) is 12.1. The zero-order valence-corrected chi connectivity index (χ0v) is 13.2. The molecule has 0 aliphatic carbocycles. The molecule has 1 aromatic heterocycles. The van der Waals surface area contributed by atoms with Gasteiger partial charge in [-0.25, -0.2) is 8.42 Å². The van der Waals surface area contributed by atoms with Crippen molar-refractivity contribution in [3.8, 4) is 0 Å². The minimum atomic E-state index is -3.69. The fourth-order valence-corrected chi connectivity index (χ4v) is 3.72. The number of H-pyrrole nitrogens is 1. The third kappa shape index (κ3) is 2.74. The number of fused-ring (bicyclic) bond motifs is 1. The van der Waals surface area contributed by atoms with Crippen LogP contribution in [0.4, 0.5) is 11.4 Å². The molecule has 0 aliphatic rings. The van der Waals surface area contributed by atoms with Gasteiger partial charge in [-0.3, -0.25) is 4.72 Å². The number of aromatic nitrogens is 1. The van der Waals surface area contributed by atoms with Crippen molar-refractivity contribution in [2.24, 2.45) is 0 Å². The van der Waals surface area contributed by atoms with Crippen LogP contribution >= 0.6 is 15.9 Å². The Hall–Kier alpha value is -1.99. The second-order valence-corrected chi connectivity index (χ2v) is 7.14. The summed E-state index contributed by atoms with van der Waals surface area (Å²) >= 11 is 3.31. The van der Waals surface area contributed by atoms with Gasteiger partial charge < -0.3 is 10.7 Å². The minimum absolute atomic E-state index is 0.171. The number of nitrogen functional groups attached to an aromatic ring is 1. The number of benzene rings is 2. The van der Waals surface area contributed by atoms with E-state index in [0.29, 0.717) is 16.8 Å². The summed E-state index contributed by atoms with van der Waals surface area (Å²) in [6.07, 6.45) is 1.46. The van der Waals surface area contributed by atoms with E-state index < -0.39 is 10.0 Å². The van der Waals surface area contributed by atoms with Crippen LogP contribution in [0.2, 0.25) is 0 Å². The highest BCUT2D eigenvalue weighted by atomic mass is 79.9. The maximum atomic E-state index is 12.5. The van der Waals surface area contributed by atoms with E-state index in [1.54, 1.807) is 36.4 Å². The molecule has 21 heavy (non-hydrogen) atoms. The Morgan fingerprint density at radius 1 is 1.14 bits per heavy atom. The Kier molecular flexibility index (Phi) is 3.38. The Morgan fingerprint density at radius 3 is 2.71 bits per heavy atom. The lowest BCUT2D eigenvalue weighted by Crippen LogP contribution is -2.12. The van der Waals surface area contributed by atoms with E-state index in [4.69, 9.17) is 5.73 Å². The third-order valence-electron chi connectivity index (χ3n) is 3.03. The highest BCUT2D eigenvalue weighted by Gasteiger charge is 2.19. The summed E-state index contributed by atoms with van der Waals surface area (Å²) in [5, 5.41) is 0.567. The van der Waals surface area contributed by atoms with Crippen molar-refractivity contribution in [2.45, 2.75) is 4.90 Å². The van der Waals surface area contributed by atoms with Crippen LogP contribution in [0.1, 0.15) is 0 Å². The number of hydrogen-bond donors (Lipinski definition) is 3. The molecule has 7 heteroatoms. The van der Waals surface area contributed by atoms with Gasteiger partial charge in [-0.1, -0.05) is 22.0 Å². The lowest BCUT2D eigenvalue weighted by Gasteiger charge is -2.07. The zero-order chi connectivity index (χ0) is 15.0. The quantitative estimate of drug-likeness (QED) is 0.622. The molecular formula is C14H12BrN3O2S. The predicted octanol–water partition coefficient (Wildman–Crippen LogP) is 3.31. The highest BCUT2D eigenvalue weighted by Crippen LogP contribution is 2.27. The topological polar surface area (TPSA) is 88.0 Å². The summed E-state index contributed by atoms with van der Waals surface area (Å²) in [7, 11) is -3.69. The van der Waals surface area contributed by atoms with Crippen LogP contribution < -0.4 is 10.5 Å². The van der Waals surface area contributed by atoms with Gasteiger partial charge in [-0.05, 0) is 36.4 Å². The molecule has 3 rings (SSSR count). The number of rotatable bonds is 3. The fourth-order valence-electron chi connectivity index (χ4n) is 2.10. The van der Waals surface area contributed by atoms with Crippen molar-refractivity contribution < 1.29 is 8.42 Å². The van der Waals surface area contributed by atoms with E-state index in [2.05, 4.69) is 25.6 Å². The van der Waals surface area contributed by atoms with E-state index in [1.165, 1.54) is 6.20 Å². The van der Waals surface area contributed by atoms with Gasteiger partial charge in [0.15, 0.2) is 0 Å². The van der Waals surface area contributed by atoms with E-state index in [0.717, 1.165) is 9.99 Å². The van der Waals surface area contributed by atoms with Gasteiger partial charge in [0, 0.05) is 32.9 Å². The van der Waals surface area contributed by atoms with E-state index in [1.807, 2.05) is 6.07 Å². The van der Waals surface area contributed by atoms with Gasteiger partial charge in [0.2, 0.25) is 0 Å². The van der Waals surface area contributed by atoms with Crippen molar-refractivity contribution in [1.29, 1.82) is 0 Å². The van der Waals surface area contributed by atoms with Gasteiger partial charge in [0.1, 0.15) is 4.90 Å². The van der Waals surface area contributed by atoms with Gasteiger partial charge in [-0.15, -0.1) is 0 Å². The standard InChI is InChI=1S/C14H12BrN3O2S/c15-9-2-1-3-11(6-9)18-21(19,20)14-8-17-13-5-4-10(16)7-12(13)14/h1-8,17-18H,16H2. The molecule has 2 aromatic carbocycles. The smallest absolute Gasteiger partial charge is 0.264 e. The first-order chi connectivity index (χ1) is 9.95. The first kappa shape index (κ1) is 14.0. The molecule has 0 unspecified atom stereocenters. The number of hydrogen-bond acceptors (Lipinski definition) is 3. The summed E-state index contributed by atoms with van der Waals surface area (Å²) in [6.45, 7) is 0. The molecule has 4 N–H and O–H groups in total. The molecule has 0 radical (unpaired) electrons. The van der Waals surface area contributed by atoms with Crippen LogP contribution in [0, 0.1) is 0 Å². The van der Waals surface area contributed by atoms with Gasteiger partial charge >= 0.3 is 0 Å². The van der Waals surface area contributed by atoms with Crippen molar-refractivity contribution >= 4 is 48.2 Å². The number of aromatic amines is 1. The maximum Gasteiger partial charge on any atom is 0.264 e. The van der Waals surface area contributed by atoms with E-state index in [9.17, 15) is 8.42 Å². The molecule has 108 valence electrons. The van der Waals surface area contributed by atoms with E-state index >= 15 is 0 Å². The highest BCUT2D eigenvalue weighted by molar-refractivity contribution is 9.10. The molecule has 0 amide bonds. The fraction of sp³-hybridized carbons (Fsp3) is 0. The number of nitrogens with one attached hydrogen (secondary N) is 2. The molecule has 5 nitrogen and oxygen atoms in total. The molecule has 0 bridgehead atoms. The minimum Gasteiger partial charge on any atom is -0.399 e. The summed E-state index contributed by atoms with van der Waals surface area (Å²) in [5.41, 5.74) is 7.46. The number of anilines is 2. The third-order valence-corrected chi connectivity index (χ3v) is 4.95. The monoisotopic (exact) mass is 365 g/mol. The van der Waals surface area contributed by atoms with Crippen molar-refractivity contribution in [3.05, 3.63) is 53.1 Å². The zero-order valence-electron chi connectivity index (χ0n) is 10.8. The molecule has 0 atom stereocenters. The van der Waals surface area contributed by atoms with Crippen molar-refractivity contribution in [1.82, 2.24) is 4.98 Å². The van der Waals surface area contributed by atoms with E-state index in [-0.39, 0.29) is 4.90 Å². The second kappa shape index (κ2) is 5.09. The first-order valence-electron chi connectivity index (χ1n) is 6.11. The van der Waals surface area contributed by atoms with Gasteiger partial charge in [-0.2, -0.15) is 0 Å². The molecule has 0 saturated carbocycles. The van der Waals surface area contributed by atoms with Crippen molar-refractivity contribution in [3.63, 3.8) is 0 Å². The predicted molar refractivity (Wildman–Crippen MR) is 87.7 cm³/mol. The second-order valence-electron chi connectivity index (χ2n) is 4.57. The number of nitrogens with two attached hydrogens (primary N) is 1. The summed E-state index contributed by atoms with van der Waals surface area (Å²) < 4.78 is 28.4. The number of halogens is 1. The molecule has 0 fully saturated rings. The van der Waals surface area contributed by atoms with Crippen LogP contribution in [0.25, 0.3) is 10.9 Å². The van der Waals surface area contributed by atoms with Crippen LogP contribution in [0.3, 0.4) is 0 Å². The van der Waals surface area contributed by atoms with Gasteiger partial charge in [0.25, 0.3) is 10.0 Å². The summed E-state index contributed by atoms with van der Waals surface area (Å²) in [5.74, 6) is 0. The van der Waals surface area contributed by atoms with Crippen molar-refractivity contribution in [2.75, 3.05) is 10.5 Å². The van der Waals surface area contributed by atoms with Crippen LogP contribution in [-0.2, 0) is 10.0 Å². The number of sulfonamides is 1. The van der Waals surface area contributed by atoms with Crippen LogP contribution in [0.5, 0.6) is 0 Å². The maximum absolute atomic E-state index is 12.5. The Labute approximate surface area is 130 Å². The van der Waals surface area contributed by atoms with Crippen LogP contribution in [0.15, 0.2) is 58.0 Å². The Balaban J connectivity index is 2.06. The molecule has 1 heterocycles. The molecule has 0 spiro atoms. The summed E-state index contributed by atoms with van der Waals surface area (Å²) in [4.78, 5) is 3.11.